The summed E-state index contributed by atoms with van der Waals surface area (Å²) in [7, 11) is 0. The van der Waals surface area contributed by atoms with Crippen LogP contribution >= 0.6 is 0 Å². The summed E-state index contributed by atoms with van der Waals surface area (Å²) in [5.41, 5.74) is 2.17. The molecule has 0 aromatic heterocycles. The molecule has 0 spiro atoms. The summed E-state index contributed by atoms with van der Waals surface area (Å²) in [6, 6.07) is 0. The van der Waals surface area contributed by atoms with Gasteiger partial charge in [0.05, 0.1) is 0 Å². The Hall–Kier alpha value is -2.24. The number of hydrogen-bond donors (Lipinski definition) is 0. The molecule has 0 aromatic rings. The van der Waals surface area contributed by atoms with Crippen LogP contribution in [0.1, 0.15) is 170 Å². The zero-order valence-electron chi connectivity index (χ0n) is 30.8. The maximum atomic E-state index is 14.5. The number of carbonyl (C=O) groups excluding carboxylic acids is 4. The van der Waals surface area contributed by atoms with Gasteiger partial charge >= 0.3 is 0 Å². The van der Waals surface area contributed by atoms with Crippen molar-refractivity contribution in [1.82, 2.24) is 9.80 Å². The highest BCUT2D eigenvalue weighted by Gasteiger charge is 2.39. The molecule has 46 heavy (non-hydrogen) atoms. The molecule has 0 radical (unpaired) electrons. The first-order chi connectivity index (χ1) is 22.3. The first-order valence-corrected chi connectivity index (χ1v) is 19.2. The molecule has 0 saturated heterocycles. The molecule has 0 N–H and O–H groups in total. The van der Waals surface area contributed by atoms with E-state index in [1.807, 2.05) is 13.8 Å². The van der Waals surface area contributed by atoms with Crippen molar-refractivity contribution >= 4 is 24.4 Å². The molecule has 0 bridgehead atoms. The van der Waals surface area contributed by atoms with Crippen molar-refractivity contribution in [1.29, 1.82) is 0 Å². The summed E-state index contributed by atoms with van der Waals surface area (Å²) in [6.45, 7) is 14.1. The van der Waals surface area contributed by atoms with E-state index in [1.54, 1.807) is 9.80 Å². The minimum Gasteiger partial charge on any atom is -0.341 e. The third kappa shape index (κ3) is 15.1. The Morgan fingerprint density at radius 3 is 1.07 bits per heavy atom. The number of carbonyl (C=O) groups is 4. The first kappa shape index (κ1) is 41.8. The number of nitrogens with zero attached hydrogens (tertiary/aromatic N) is 2. The van der Waals surface area contributed by atoms with Gasteiger partial charge in [-0.3, -0.25) is 19.2 Å². The zero-order chi connectivity index (χ0) is 34.2. The van der Waals surface area contributed by atoms with Gasteiger partial charge in [0, 0.05) is 48.5 Å². The zero-order valence-corrected chi connectivity index (χ0v) is 30.8. The average molecular weight is 643 g/mol. The van der Waals surface area contributed by atoms with Crippen LogP contribution in [0.2, 0.25) is 0 Å². The van der Waals surface area contributed by atoms with Crippen LogP contribution in [-0.2, 0) is 19.2 Å². The highest BCUT2D eigenvalue weighted by molar-refractivity contribution is 6.26. The monoisotopic (exact) mass is 643 g/mol. The summed E-state index contributed by atoms with van der Waals surface area (Å²) in [5, 5.41) is 0. The fourth-order valence-corrected chi connectivity index (χ4v) is 6.98. The Morgan fingerprint density at radius 1 is 0.478 bits per heavy atom. The quantitative estimate of drug-likeness (QED) is 0.0444. The van der Waals surface area contributed by atoms with Crippen molar-refractivity contribution in [3.63, 3.8) is 0 Å². The molecule has 0 heterocycles. The smallest absolute Gasteiger partial charge is 0.210 e. The van der Waals surface area contributed by atoms with E-state index in [-0.39, 0.29) is 36.5 Å². The predicted octanol–water partition coefficient (Wildman–Crippen LogP) is 9.80. The van der Waals surface area contributed by atoms with Gasteiger partial charge in [-0.25, -0.2) is 0 Å². The summed E-state index contributed by atoms with van der Waals surface area (Å²) in [5.74, 6) is -0.330. The van der Waals surface area contributed by atoms with Gasteiger partial charge in [-0.1, -0.05) is 144 Å². The third-order valence-corrected chi connectivity index (χ3v) is 9.70. The number of Topliss-reactive ketones (excluding diaryl/α,β-unsaturated/α-hetero) is 2. The molecule has 0 aliphatic heterocycles. The molecule has 1 aliphatic carbocycles. The highest BCUT2D eigenvalue weighted by Crippen LogP contribution is 2.37. The van der Waals surface area contributed by atoms with E-state index in [1.165, 1.54) is 77.0 Å². The molecule has 1 rings (SSSR count). The van der Waals surface area contributed by atoms with Crippen molar-refractivity contribution in [2.24, 2.45) is 11.8 Å². The maximum absolute atomic E-state index is 14.5. The Morgan fingerprint density at radius 2 is 0.783 bits per heavy atom. The molecule has 0 aromatic carbocycles. The normalized spacial score (nSPS) is 15.0. The topological polar surface area (TPSA) is 74.8 Å². The molecule has 1 aliphatic rings. The van der Waals surface area contributed by atoms with Gasteiger partial charge in [0.2, 0.25) is 12.8 Å². The first-order valence-electron chi connectivity index (χ1n) is 19.2. The Kier molecular flexibility index (Phi) is 23.4. The summed E-state index contributed by atoms with van der Waals surface area (Å²) in [6.07, 6.45) is 24.3. The predicted molar refractivity (Wildman–Crippen MR) is 193 cm³/mol. The fourth-order valence-electron chi connectivity index (χ4n) is 6.98. The number of ketones is 2. The standard InChI is InChI=1S/C40H70N2O4/c1-7-11-13-15-17-19-21-23-25-33(5)37-35(29-41(31-43)27-9-3)40(46)38(36(39(37)45)30-42(32-44)28-10-4)34(6)26-24-22-20-18-16-14-12-8-2/h31-34H,7-30H2,1-6H3. The second-order valence-corrected chi connectivity index (χ2v) is 13.9. The van der Waals surface area contributed by atoms with E-state index in [0.29, 0.717) is 35.4 Å². The third-order valence-electron chi connectivity index (χ3n) is 9.70. The Labute approximate surface area is 283 Å². The van der Waals surface area contributed by atoms with E-state index in [4.69, 9.17) is 0 Å². The lowest BCUT2D eigenvalue weighted by molar-refractivity contribution is -0.121. The molecule has 2 unspecified atom stereocenters. The summed E-state index contributed by atoms with van der Waals surface area (Å²) < 4.78 is 0. The van der Waals surface area contributed by atoms with Crippen molar-refractivity contribution in [2.45, 2.75) is 170 Å². The number of unbranched alkanes of at least 4 members (excludes halogenated alkanes) is 14. The van der Waals surface area contributed by atoms with Crippen LogP contribution in [0.5, 0.6) is 0 Å². The summed E-state index contributed by atoms with van der Waals surface area (Å²) in [4.78, 5) is 56.5. The van der Waals surface area contributed by atoms with Crippen molar-refractivity contribution in [2.75, 3.05) is 26.2 Å². The highest BCUT2D eigenvalue weighted by atomic mass is 16.1. The second kappa shape index (κ2) is 25.8. The van der Waals surface area contributed by atoms with Crippen molar-refractivity contribution in [3.05, 3.63) is 22.3 Å². The van der Waals surface area contributed by atoms with Crippen LogP contribution in [0.4, 0.5) is 0 Å². The van der Waals surface area contributed by atoms with Crippen LogP contribution in [0.15, 0.2) is 22.3 Å². The van der Waals surface area contributed by atoms with Crippen LogP contribution in [-0.4, -0.2) is 60.4 Å². The van der Waals surface area contributed by atoms with Gasteiger partial charge in [-0.15, -0.1) is 0 Å². The minimum atomic E-state index is -0.0860. The molecule has 0 saturated carbocycles. The lowest BCUT2D eigenvalue weighted by Crippen LogP contribution is -2.39. The number of hydrogen-bond acceptors (Lipinski definition) is 4. The Bertz CT molecular complexity index is 877. The summed E-state index contributed by atoms with van der Waals surface area (Å²) >= 11 is 0. The SMILES string of the molecule is CCCCCCCCCCC(C)C1=C(CN(C=O)CCC)C(=O)C(C(C)CCCCCCCCCC)=C(CN(C=O)CCC)C1=O. The van der Waals surface area contributed by atoms with Gasteiger partial charge in [-0.2, -0.15) is 0 Å². The molecular formula is C40H70N2O4. The number of allylic oxidation sites excluding steroid dienone is 2. The van der Waals surface area contributed by atoms with Crippen molar-refractivity contribution in [3.8, 4) is 0 Å². The van der Waals surface area contributed by atoms with Gasteiger partial charge in [0.25, 0.3) is 0 Å². The van der Waals surface area contributed by atoms with Crippen LogP contribution in [0.3, 0.4) is 0 Å². The van der Waals surface area contributed by atoms with Crippen molar-refractivity contribution < 1.29 is 19.2 Å². The largest absolute Gasteiger partial charge is 0.341 e. The molecule has 6 heteroatoms. The Balaban J connectivity index is 3.28. The van der Waals surface area contributed by atoms with E-state index in [0.717, 1.165) is 64.2 Å². The minimum absolute atomic E-state index is 0.0789. The lowest BCUT2D eigenvalue weighted by Gasteiger charge is -2.32. The van der Waals surface area contributed by atoms with Gasteiger partial charge in [-0.05, 0) is 37.5 Å². The van der Waals surface area contributed by atoms with E-state index in [2.05, 4.69) is 27.7 Å². The lowest BCUT2D eigenvalue weighted by atomic mass is 9.73. The molecular weight excluding hydrogens is 572 g/mol. The molecule has 2 atom stereocenters. The van der Waals surface area contributed by atoms with Gasteiger partial charge in [0.1, 0.15) is 0 Å². The van der Waals surface area contributed by atoms with Crippen LogP contribution in [0.25, 0.3) is 0 Å². The van der Waals surface area contributed by atoms with Gasteiger partial charge < -0.3 is 9.80 Å². The average Bonchev–Trinajstić information content (AvgIpc) is 3.04. The van der Waals surface area contributed by atoms with Crippen LogP contribution in [0, 0.1) is 11.8 Å². The molecule has 2 amide bonds. The number of amides is 2. The number of rotatable bonds is 30. The molecule has 264 valence electrons. The second-order valence-electron chi connectivity index (χ2n) is 13.9. The van der Waals surface area contributed by atoms with Gasteiger partial charge in [0.15, 0.2) is 11.6 Å². The van der Waals surface area contributed by atoms with E-state index < -0.39 is 0 Å². The maximum Gasteiger partial charge on any atom is 0.210 e. The van der Waals surface area contributed by atoms with E-state index >= 15 is 0 Å². The molecule has 0 fully saturated rings. The fraction of sp³-hybridized carbons (Fsp3) is 0.800. The van der Waals surface area contributed by atoms with Crippen LogP contribution < -0.4 is 0 Å². The van der Waals surface area contributed by atoms with E-state index in [9.17, 15) is 19.2 Å². The molecule has 6 nitrogen and oxygen atoms in total.